The fourth-order valence-corrected chi connectivity index (χ4v) is 2.80. The van der Waals surface area contributed by atoms with Gasteiger partial charge in [0.25, 0.3) is 5.91 Å². The SMILES string of the molecule is CCCN(C(=O)c1ccc(-n2cnnn2)cc1)C1CCNC1. The number of aromatic nitrogens is 4. The van der Waals surface area contributed by atoms with Crippen molar-refractivity contribution in [2.75, 3.05) is 19.6 Å². The van der Waals surface area contributed by atoms with Gasteiger partial charge in [0.1, 0.15) is 6.33 Å². The summed E-state index contributed by atoms with van der Waals surface area (Å²) in [5, 5.41) is 14.4. The molecule has 0 aliphatic carbocycles. The molecule has 0 radical (unpaired) electrons. The van der Waals surface area contributed by atoms with Crippen molar-refractivity contribution >= 4 is 5.91 Å². The average molecular weight is 300 g/mol. The molecule has 1 aromatic heterocycles. The quantitative estimate of drug-likeness (QED) is 0.887. The molecule has 1 amide bonds. The highest BCUT2D eigenvalue weighted by atomic mass is 16.2. The van der Waals surface area contributed by atoms with Crippen LogP contribution in [0.2, 0.25) is 0 Å². The van der Waals surface area contributed by atoms with Gasteiger partial charge in [0.05, 0.1) is 5.69 Å². The van der Waals surface area contributed by atoms with Crippen molar-refractivity contribution < 1.29 is 4.79 Å². The molecule has 1 atom stereocenters. The summed E-state index contributed by atoms with van der Waals surface area (Å²) in [6.45, 7) is 4.76. The van der Waals surface area contributed by atoms with Crippen molar-refractivity contribution in [2.45, 2.75) is 25.8 Å². The lowest BCUT2D eigenvalue weighted by atomic mass is 10.1. The zero-order chi connectivity index (χ0) is 15.4. The lowest BCUT2D eigenvalue weighted by molar-refractivity contribution is 0.0692. The highest BCUT2D eigenvalue weighted by Crippen LogP contribution is 2.15. The zero-order valence-corrected chi connectivity index (χ0v) is 12.6. The molecule has 7 heteroatoms. The number of amides is 1. The van der Waals surface area contributed by atoms with Gasteiger partial charge in [-0.3, -0.25) is 4.79 Å². The van der Waals surface area contributed by atoms with Crippen molar-refractivity contribution in [3.8, 4) is 5.69 Å². The van der Waals surface area contributed by atoms with Crippen molar-refractivity contribution in [3.05, 3.63) is 36.2 Å². The number of nitrogens with zero attached hydrogens (tertiary/aromatic N) is 5. The van der Waals surface area contributed by atoms with Crippen LogP contribution in [0.4, 0.5) is 0 Å². The van der Waals surface area contributed by atoms with Crippen LogP contribution in [0.3, 0.4) is 0 Å². The first kappa shape index (κ1) is 14.6. The van der Waals surface area contributed by atoms with E-state index in [2.05, 4.69) is 27.8 Å². The normalized spacial score (nSPS) is 17.6. The third-order valence-corrected chi connectivity index (χ3v) is 3.93. The molecular formula is C15H20N6O. The van der Waals surface area contributed by atoms with E-state index in [0.717, 1.165) is 38.2 Å². The minimum Gasteiger partial charge on any atom is -0.334 e. The van der Waals surface area contributed by atoms with E-state index in [9.17, 15) is 4.79 Å². The maximum absolute atomic E-state index is 12.8. The summed E-state index contributed by atoms with van der Waals surface area (Å²) in [4.78, 5) is 14.8. The van der Waals surface area contributed by atoms with E-state index in [4.69, 9.17) is 0 Å². The molecule has 0 saturated carbocycles. The highest BCUT2D eigenvalue weighted by Gasteiger charge is 2.26. The van der Waals surface area contributed by atoms with Gasteiger partial charge in [-0.2, -0.15) is 0 Å². The summed E-state index contributed by atoms with van der Waals surface area (Å²) in [5.74, 6) is 0.0961. The number of carbonyl (C=O) groups is 1. The number of benzene rings is 1. The first-order valence-corrected chi connectivity index (χ1v) is 7.64. The third-order valence-electron chi connectivity index (χ3n) is 3.93. The van der Waals surface area contributed by atoms with Crippen LogP contribution >= 0.6 is 0 Å². The fraction of sp³-hybridized carbons (Fsp3) is 0.467. The Hall–Kier alpha value is -2.28. The van der Waals surface area contributed by atoms with Gasteiger partial charge < -0.3 is 10.2 Å². The average Bonchev–Trinajstić information content (AvgIpc) is 3.25. The van der Waals surface area contributed by atoms with Gasteiger partial charge in [-0.15, -0.1) is 5.10 Å². The molecule has 2 heterocycles. The van der Waals surface area contributed by atoms with E-state index in [1.807, 2.05) is 29.2 Å². The molecule has 1 aromatic carbocycles. The van der Waals surface area contributed by atoms with Crippen molar-refractivity contribution in [1.29, 1.82) is 0 Å². The van der Waals surface area contributed by atoms with E-state index in [1.54, 1.807) is 4.68 Å². The molecule has 1 fully saturated rings. The first-order chi connectivity index (χ1) is 10.8. The van der Waals surface area contributed by atoms with Crippen molar-refractivity contribution in [3.63, 3.8) is 0 Å². The summed E-state index contributed by atoms with van der Waals surface area (Å²) in [5.41, 5.74) is 1.54. The Morgan fingerprint density at radius 3 is 2.82 bits per heavy atom. The second kappa shape index (κ2) is 6.65. The summed E-state index contributed by atoms with van der Waals surface area (Å²) >= 11 is 0. The maximum Gasteiger partial charge on any atom is 0.254 e. The second-order valence-electron chi connectivity index (χ2n) is 5.45. The second-order valence-corrected chi connectivity index (χ2v) is 5.45. The summed E-state index contributed by atoms with van der Waals surface area (Å²) < 4.78 is 1.57. The molecule has 2 aromatic rings. The number of hydrogen-bond acceptors (Lipinski definition) is 5. The van der Waals surface area contributed by atoms with Crippen LogP contribution in [0.25, 0.3) is 5.69 Å². The smallest absolute Gasteiger partial charge is 0.254 e. The van der Waals surface area contributed by atoms with Gasteiger partial charge in [0.2, 0.25) is 0 Å². The van der Waals surface area contributed by atoms with E-state index in [1.165, 1.54) is 6.33 Å². The molecule has 1 aliphatic rings. The number of nitrogens with one attached hydrogen (secondary N) is 1. The minimum atomic E-state index is 0.0961. The summed E-state index contributed by atoms with van der Waals surface area (Å²) in [6.07, 6.45) is 3.52. The molecule has 7 nitrogen and oxygen atoms in total. The van der Waals surface area contributed by atoms with Gasteiger partial charge >= 0.3 is 0 Å². The Balaban J connectivity index is 1.77. The van der Waals surface area contributed by atoms with Gasteiger partial charge in [0.15, 0.2) is 0 Å². The van der Waals surface area contributed by atoms with Crippen LogP contribution in [0.5, 0.6) is 0 Å². The predicted molar refractivity (Wildman–Crippen MR) is 81.8 cm³/mol. The van der Waals surface area contributed by atoms with Crippen LogP contribution in [0, 0.1) is 0 Å². The van der Waals surface area contributed by atoms with E-state index in [0.29, 0.717) is 11.6 Å². The largest absolute Gasteiger partial charge is 0.334 e. The molecule has 1 N–H and O–H groups in total. The fourth-order valence-electron chi connectivity index (χ4n) is 2.80. The topological polar surface area (TPSA) is 75.9 Å². The molecular weight excluding hydrogens is 280 g/mol. The monoisotopic (exact) mass is 300 g/mol. The highest BCUT2D eigenvalue weighted by molar-refractivity contribution is 5.94. The van der Waals surface area contributed by atoms with Gasteiger partial charge in [-0.25, -0.2) is 4.68 Å². The number of rotatable bonds is 5. The van der Waals surface area contributed by atoms with Crippen LogP contribution in [0.15, 0.2) is 30.6 Å². The molecule has 116 valence electrons. The Kier molecular flexibility index (Phi) is 4.43. The predicted octanol–water partition coefficient (Wildman–Crippen LogP) is 0.876. The van der Waals surface area contributed by atoms with Crippen LogP contribution in [-0.4, -0.2) is 56.7 Å². The van der Waals surface area contributed by atoms with Crippen molar-refractivity contribution in [2.24, 2.45) is 0 Å². The summed E-state index contributed by atoms with van der Waals surface area (Å²) in [7, 11) is 0. The number of hydrogen-bond donors (Lipinski definition) is 1. The molecule has 22 heavy (non-hydrogen) atoms. The van der Waals surface area contributed by atoms with E-state index in [-0.39, 0.29) is 5.91 Å². The number of carbonyl (C=O) groups excluding carboxylic acids is 1. The lowest BCUT2D eigenvalue weighted by Gasteiger charge is -2.28. The molecule has 0 spiro atoms. The third kappa shape index (κ3) is 2.99. The first-order valence-electron chi connectivity index (χ1n) is 7.64. The molecule has 1 aliphatic heterocycles. The van der Waals surface area contributed by atoms with Gasteiger partial charge in [0, 0.05) is 24.7 Å². The minimum absolute atomic E-state index is 0.0961. The lowest BCUT2D eigenvalue weighted by Crippen LogP contribution is -2.42. The standard InChI is InChI=1S/C15H20N6O/c1-2-9-20(14-7-8-16-10-14)15(22)12-3-5-13(6-4-12)21-11-17-18-19-21/h3-6,11,14,16H,2,7-10H2,1H3. The summed E-state index contributed by atoms with van der Waals surface area (Å²) in [6, 6.07) is 7.70. The Bertz CT molecular complexity index is 603. The maximum atomic E-state index is 12.8. The van der Waals surface area contributed by atoms with Gasteiger partial charge in [-0.1, -0.05) is 6.92 Å². The molecule has 1 unspecified atom stereocenters. The Morgan fingerprint density at radius 1 is 1.41 bits per heavy atom. The van der Waals surface area contributed by atoms with E-state index < -0.39 is 0 Å². The number of tetrazole rings is 1. The van der Waals surface area contributed by atoms with Crippen LogP contribution < -0.4 is 5.32 Å². The van der Waals surface area contributed by atoms with E-state index >= 15 is 0 Å². The molecule has 1 saturated heterocycles. The Morgan fingerprint density at radius 2 is 2.23 bits per heavy atom. The zero-order valence-electron chi connectivity index (χ0n) is 12.6. The van der Waals surface area contributed by atoms with Gasteiger partial charge in [-0.05, 0) is 54.1 Å². The van der Waals surface area contributed by atoms with Crippen LogP contribution in [-0.2, 0) is 0 Å². The molecule has 0 bridgehead atoms. The Labute approximate surface area is 129 Å². The molecule has 3 rings (SSSR count). The van der Waals surface area contributed by atoms with Crippen LogP contribution in [0.1, 0.15) is 30.1 Å². The van der Waals surface area contributed by atoms with Crippen molar-refractivity contribution in [1.82, 2.24) is 30.4 Å².